The van der Waals surface area contributed by atoms with Gasteiger partial charge >= 0.3 is 5.97 Å². The number of anilines is 1. The molecule has 0 unspecified atom stereocenters. The average Bonchev–Trinajstić information content (AvgIpc) is 2.62. The van der Waals surface area contributed by atoms with Gasteiger partial charge in [-0.05, 0) is 43.0 Å². The van der Waals surface area contributed by atoms with Crippen LogP contribution in [0.2, 0.25) is 0 Å². The molecule has 0 radical (unpaired) electrons. The van der Waals surface area contributed by atoms with Gasteiger partial charge in [0.15, 0.2) is 0 Å². The van der Waals surface area contributed by atoms with Gasteiger partial charge in [-0.25, -0.2) is 4.79 Å². The Kier molecular flexibility index (Phi) is 6.96. The molecule has 0 fully saturated rings. The summed E-state index contributed by atoms with van der Waals surface area (Å²) < 4.78 is 4.99. The molecule has 4 heteroatoms. The Hall–Kier alpha value is -2.88. The Bertz CT molecular complexity index is 721. The molecule has 2 rings (SSSR count). The minimum absolute atomic E-state index is 0.0429. The Balaban J connectivity index is 1.72. The molecule has 130 valence electrons. The van der Waals surface area contributed by atoms with E-state index in [2.05, 4.69) is 11.9 Å². The summed E-state index contributed by atoms with van der Waals surface area (Å²) in [5, 5.41) is 2.88. The third-order valence-corrected chi connectivity index (χ3v) is 3.66. The smallest absolute Gasteiger partial charge is 0.333 e. The number of nitrogens with one attached hydrogen (secondary N) is 1. The molecule has 0 spiro atoms. The first-order valence-corrected chi connectivity index (χ1v) is 8.34. The first kappa shape index (κ1) is 18.5. The largest absolute Gasteiger partial charge is 0.462 e. The molecule has 1 amide bonds. The van der Waals surface area contributed by atoms with Crippen molar-refractivity contribution in [3.63, 3.8) is 0 Å². The molecule has 0 heterocycles. The minimum atomic E-state index is -0.386. The Labute approximate surface area is 148 Å². The highest BCUT2D eigenvalue weighted by molar-refractivity contribution is 5.91. The lowest BCUT2D eigenvalue weighted by Gasteiger charge is -2.07. The van der Waals surface area contributed by atoms with Gasteiger partial charge in [-0.3, -0.25) is 4.79 Å². The molecular weight excluding hydrogens is 314 g/mol. The van der Waals surface area contributed by atoms with E-state index in [-0.39, 0.29) is 11.9 Å². The Morgan fingerprint density at radius 3 is 2.24 bits per heavy atom. The van der Waals surface area contributed by atoms with Crippen LogP contribution in [0.4, 0.5) is 5.69 Å². The molecule has 0 saturated heterocycles. The van der Waals surface area contributed by atoms with Crippen LogP contribution < -0.4 is 5.32 Å². The van der Waals surface area contributed by atoms with E-state index >= 15 is 0 Å². The van der Waals surface area contributed by atoms with Crippen molar-refractivity contribution in [3.05, 3.63) is 66.7 Å². The number of benzene rings is 2. The number of esters is 1. The highest BCUT2D eigenvalue weighted by Gasteiger charge is 2.05. The molecule has 0 aromatic heterocycles. The topological polar surface area (TPSA) is 55.4 Å². The first-order chi connectivity index (χ1) is 12.1. The van der Waals surface area contributed by atoms with E-state index in [1.165, 1.54) is 0 Å². The van der Waals surface area contributed by atoms with Gasteiger partial charge in [0.05, 0.1) is 6.61 Å². The average molecular weight is 337 g/mol. The maximum absolute atomic E-state index is 11.9. The second kappa shape index (κ2) is 9.42. The molecule has 1 N–H and O–H groups in total. The zero-order valence-corrected chi connectivity index (χ0v) is 14.5. The van der Waals surface area contributed by atoms with Crippen LogP contribution in [-0.4, -0.2) is 18.5 Å². The molecule has 0 aliphatic heterocycles. The van der Waals surface area contributed by atoms with E-state index in [4.69, 9.17) is 4.74 Å². The molecule has 2 aromatic carbocycles. The van der Waals surface area contributed by atoms with E-state index in [9.17, 15) is 9.59 Å². The predicted molar refractivity (Wildman–Crippen MR) is 100 cm³/mol. The van der Waals surface area contributed by atoms with Gasteiger partial charge in [0.2, 0.25) is 5.91 Å². The molecule has 0 bridgehead atoms. The van der Waals surface area contributed by atoms with Crippen LogP contribution in [0.1, 0.15) is 26.2 Å². The molecule has 0 aliphatic carbocycles. The standard InChI is InChI=1S/C21H23NO3/c1-16(2)21(24)25-15-7-6-10-20(23)22-19-13-11-18(12-14-19)17-8-4-3-5-9-17/h3-5,8-9,11-14H,1,6-7,10,15H2,2H3,(H,22,23). The molecule has 0 aliphatic rings. The third-order valence-electron chi connectivity index (χ3n) is 3.66. The Morgan fingerprint density at radius 1 is 0.960 bits per heavy atom. The summed E-state index contributed by atoms with van der Waals surface area (Å²) in [6.45, 7) is 5.44. The summed E-state index contributed by atoms with van der Waals surface area (Å²) in [4.78, 5) is 23.1. The monoisotopic (exact) mass is 337 g/mol. The van der Waals surface area contributed by atoms with E-state index < -0.39 is 0 Å². The molecule has 0 atom stereocenters. The number of hydrogen-bond acceptors (Lipinski definition) is 3. The van der Waals surface area contributed by atoms with Crippen molar-refractivity contribution in [2.45, 2.75) is 26.2 Å². The van der Waals surface area contributed by atoms with Gasteiger partial charge in [0.1, 0.15) is 0 Å². The van der Waals surface area contributed by atoms with Gasteiger partial charge in [0.25, 0.3) is 0 Å². The summed E-state index contributed by atoms with van der Waals surface area (Å²) in [6.07, 6.45) is 1.71. The number of hydrogen-bond donors (Lipinski definition) is 1. The van der Waals surface area contributed by atoms with E-state index in [1.807, 2.05) is 54.6 Å². The molecule has 25 heavy (non-hydrogen) atoms. The lowest BCUT2D eigenvalue weighted by atomic mass is 10.1. The zero-order chi connectivity index (χ0) is 18.1. The number of rotatable bonds is 8. The van der Waals surface area contributed by atoms with Crippen molar-refractivity contribution in [1.82, 2.24) is 0 Å². The second-order valence-corrected chi connectivity index (χ2v) is 5.86. The number of unbranched alkanes of at least 4 members (excludes halogenated alkanes) is 1. The number of ether oxygens (including phenoxy) is 1. The third kappa shape index (κ3) is 6.26. The van der Waals surface area contributed by atoms with E-state index in [1.54, 1.807) is 6.92 Å². The highest BCUT2D eigenvalue weighted by Crippen LogP contribution is 2.21. The number of carbonyl (C=O) groups excluding carboxylic acids is 2. The van der Waals surface area contributed by atoms with E-state index in [0.29, 0.717) is 31.4 Å². The quantitative estimate of drug-likeness (QED) is 0.436. The summed E-state index contributed by atoms with van der Waals surface area (Å²) in [5.74, 6) is -0.429. The second-order valence-electron chi connectivity index (χ2n) is 5.86. The van der Waals surface area contributed by atoms with Crippen molar-refractivity contribution in [3.8, 4) is 11.1 Å². The summed E-state index contributed by atoms with van der Waals surface area (Å²) >= 11 is 0. The molecule has 4 nitrogen and oxygen atoms in total. The van der Waals surface area contributed by atoms with Crippen molar-refractivity contribution in [2.24, 2.45) is 0 Å². The van der Waals surface area contributed by atoms with Gasteiger partial charge in [-0.15, -0.1) is 0 Å². The lowest BCUT2D eigenvalue weighted by molar-refractivity contribution is -0.139. The van der Waals surface area contributed by atoms with Crippen molar-refractivity contribution in [1.29, 1.82) is 0 Å². The normalized spacial score (nSPS) is 10.1. The fraction of sp³-hybridized carbons (Fsp3) is 0.238. The van der Waals surface area contributed by atoms with Gasteiger partial charge in [0, 0.05) is 17.7 Å². The summed E-state index contributed by atoms with van der Waals surface area (Å²) in [6, 6.07) is 17.9. The van der Waals surface area contributed by atoms with Crippen molar-refractivity contribution in [2.75, 3.05) is 11.9 Å². The van der Waals surface area contributed by atoms with Crippen LogP contribution in [0.5, 0.6) is 0 Å². The lowest BCUT2D eigenvalue weighted by Crippen LogP contribution is -2.12. The SMILES string of the molecule is C=C(C)C(=O)OCCCCC(=O)Nc1ccc(-c2ccccc2)cc1. The maximum atomic E-state index is 11.9. The highest BCUT2D eigenvalue weighted by atomic mass is 16.5. The van der Waals surface area contributed by atoms with Gasteiger partial charge in [-0.1, -0.05) is 49.0 Å². The summed E-state index contributed by atoms with van der Waals surface area (Å²) in [5.41, 5.74) is 3.41. The van der Waals surface area contributed by atoms with Gasteiger partial charge < -0.3 is 10.1 Å². The van der Waals surface area contributed by atoms with Crippen LogP contribution in [-0.2, 0) is 14.3 Å². The van der Waals surface area contributed by atoms with Crippen LogP contribution in [0.15, 0.2) is 66.7 Å². The zero-order valence-electron chi connectivity index (χ0n) is 14.5. The molecule has 2 aromatic rings. The maximum Gasteiger partial charge on any atom is 0.333 e. The van der Waals surface area contributed by atoms with Crippen molar-refractivity contribution < 1.29 is 14.3 Å². The van der Waals surface area contributed by atoms with Crippen LogP contribution in [0.25, 0.3) is 11.1 Å². The first-order valence-electron chi connectivity index (χ1n) is 8.34. The van der Waals surface area contributed by atoms with Crippen LogP contribution in [0.3, 0.4) is 0 Å². The van der Waals surface area contributed by atoms with Crippen LogP contribution in [0, 0.1) is 0 Å². The number of carbonyl (C=O) groups is 2. The molecular formula is C21H23NO3. The molecule has 0 saturated carbocycles. The van der Waals surface area contributed by atoms with E-state index in [0.717, 1.165) is 16.8 Å². The van der Waals surface area contributed by atoms with Crippen molar-refractivity contribution >= 4 is 17.6 Å². The fourth-order valence-corrected chi connectivity index (χ4v) is 2.28. The predicted octanol–water partition coefficient (Wildman–Crippen LogP) is 4.58. The van der Waals surface area contributed by atoms with Gasteiger partial charge in [-0.2, -0.15) is 0 Å². The fourth-order valence-electron chi connectivity index (χ4n) is 2.28. The minimum Gasteiger partial charge on any atom is -0.462 e. The number of amides is 1. The summed E-state index contributed by atoms with van der Waals surface area (Å²) in [7, 11) is 0. The Morgan fingerprint density at radius 2 is 1.60 bits per heavy atom. The van der Waals surface area contributed by atoms with Crippen LogP contribution >= 0.6 is 0 Å².